The summed E-state index contributed by atoms with van der Waals surface area (Å²) in [4.78, 5) is 14.6. The van der Waals surface area contributed by atoms with Crippen LogP contribution in [0.5, 0.6) is 0 Å². The van der Waals surface area contributed by atoms with Crippen molar-refractivity contribution in [1.82, 2.24) is 19.9 Å². The van der Waals surface area contributed by atoms with Gasteiger partial charge in [0.1, 0.15) is 0 Å². The van der Waals surface area contributed by atoms with E-state index in [1.807, 2.05) is 0 Å². The van der Waals surface area contributed by atoms with Crippen molar-refractivity contribution in [1.29, 1.82) is 0 Å². The Balaban J connectivity index is 1.73. The van der Waals surface area contributed by atoms with E-state index >= 15 is 0 Å². The standard InChI is InChI=1S/C11H19ClN6/c1-13-10-15-9(12)16-11(17-10)14-5-4-8-18-6-2-3-7-18/h2-8H2,1H3,(H2,13,14,15,16,17). The van der Waals surface area contributed by atoms with Gasteiger partial charge in [-0.1, -0.05) is 0 Å². The minimum absolute atomic E-state index is 0.205. The van der Waals surface area contributed by atoms with Gasteiger partial charge in [-0.05, 0) is 50.5 Å². The van der Waals surface area contributed by atoms with E-state index in [2.05, 4.69) is 30.5 Å². The molecule has 0 spiro atoms. The van der Waals surface area contributed by atoms with E-state index in [0.29, 0.717) is 11.9 Å². The quantitative estimate of drug-likeness (QED) is 0.763. The molecular weight excluding hydrogens is 252 g/mol. The summed E-state index contributed by atoms with van der Waals surface area (Å²) in [5.74, 6) is 1.01. The van der Waals surface area contributed by atoms with Gasteiger partial charge in [-0.3, -0.25) is 0 Å². The monoisotopic (exact) mass is 270 g/mol. The lowest BCUT2D eigenvalue weighted by Crippen LogP contribution is -2.22. The molecule has 1 aliphatic heterocycles. The second-order valence-corrected chi connectivity index (χ2v) is 4.67. The normalized spacial score (nSPS) is 15.9. The van der Waals surface area contributed by atoms with Gasteiger partial charge in [-0.25, -0.2) is 0 Å². The Morgan fingerprint density at radius 2 is 1.89 bits per heavy atom. The zero-order chi connectivity index (χ0) is 12.8. The maximum atomic E-state index is 5.79. The first kappa shape index (κ1) is 13.3. The third kappa shape index (κ3) is 3.96. The number of likely N-dealkylation sites (tertiary alicyclic amines) is 1. The smallest absolute Gasteiger partial charge is 0.228 e. The third-order valence-electron chi connectivity index (χ3n) is 2.96. The van der Waals surface area contributed by atoms with E-state index in [1.165, 1.54) is 25.9 Å². The molecule has 100 valence electrons. The number of anilines is 2. The fourth-order valence-electron chi connectivity index (χ4n) is 2.05. The van der Waals surface area contributed by atoms with Crippen LogP contribution in [0.1, 0.15) is 19.3 Å². The van der Waals surface area contributed by atoms with Gasteiger partial charge in [0.2, 0.25) is 17.2 Å². The molecule has 1 aromatic rings. The lowest BCUT2D eigenvalue weighted by molar-refractivity contribution is 0.337. The number of halogens is 1. The van der Waals surface area contributed by atoms with Crippen LogP contribution in [-0.4, -0.2) is 53.1 Å². The Kier molecular flexibility index (Phi) is 4.95. The summed E-state index contributed by atoms with van der Waals surface area (Å²) in [6.07, 6.45) is 3.75. The largest absolute Gasteiger partial charge is 0.357 e. The first-order chi connectivity index (χ1) is 8.78. The Morgan fingerprint density at radius 3 is 2.61 bits per heavy atom. The molecule has 1 saturated heterocycles. The molecule has 1 aliphatic rings. The summed E-state index contributed by atoms with van der Waals surface area (Å²) in [5, 5.41) is 6.22. The van der Waals surface area contributed by atoms with Crippen molar-refractivity contribution in [3.05, 3.63) is 5.28 Å². The molecule has 0 bridgehead atoms. The van der Waals surface area contributed by atoms with Crippen LogP contribution in [0.15, 0.2) is 0 Å². The molecule has 0 unspecified atom stereocenters. The predicted molar refractivity (Wildman–Crippen MR) is 73.2 cm³/mol. The van der Waals surface area contributed by atoms with Gasteiger partial charge in [0.25, 0.3) is 0 Å². The summed E-state index contributed by atoms with van der Waals surface area (Å²) < 4.78 is 0. The molecule has 0 atom stereocenters. The Labute approximate surface area is 112 Å². The van der Waals surface area contributed by atoms with Crippen LogP contribution in [0.3, 0.4) is 0 Å². The van der Waals surface area contributed by atoms with Crippen LogP contribution in [0.2, 0.25) is 5.28 Å². The molecule has 0 radical (unpaired) electrons. The molecule has 0 aliphatic carbocycles. The SMILES string of the molecule is CNc1nc(Cl)nc(NCCCN2CCCC2)n1. The molecule has 0 saturated carbocycles. The second kappa shape index (κ2) is 6.70. The molecule has 7 heteroatoms. The van der Waals surface area contributed by atoms with E-state index in [9.17, 15) is 0 Å². The topological polar surface area (TPSA) is 66.0 Å². The number of aromatic nitrogens is 3. The zero-order valence-electron chi connectivity index (χ0n) is 10.6. The summed E-state index contributed by atoms with van der Waals surface area (Å²) in [7, 11) is 1.75. The number of nitrogens with zero attached hydrogens (tertiary/aromatic N) is 4. The zero-order valence-corrected chi connectivity index (χ0v) is 11.4. The number of rotatable bonds is 6. The highest BCUT2D eigenvalue weighted by atomic mass is 35.5. The average molecular weight is 271 g/mol. The van der Waals surface area contributed by atoms with Crippen molar-refractivity contribution >= 4 is 23.5 Å². The first-order valence-corrected chi connectivity index (χ1v) is 6.71. The highest BCUT2D eigenvalue weighted by molar-refractivity contribution is 6.28. The first-order valence-electron chi connectivity index (χ1n) is 6.33. The van der Waals surface area contributed by atoms with Crippen molar-refractivity contribution in [2.24, 2.45) is 0 Å². The lowest BCUT2D eigenvalue weighted by atomic mass is 10.4. The minimum atomic E-state index is 0.205. The molecule has 1 fully saturated rings. The summed E-state index contributed by atoms with van der Waals surface area (Å²) in [5.41, 5.74) is 0. The molecule has 18 heavy (non-hydrogen) atoms. The molecule has 2 N–H and O–H groups in total. The fourth-order valence-corrected chi connectivity index (χ4v) is 2.21. The van der Waals surface area contributed by atoms with Crippen LogP contribution in [0.25, 0.3) is 0 Å². The molecule has 6 nitrogen and oxygen atoms in total. The van der Waals surface area contributed by atoms with Crippen molar-refractivity contribution in [2.75, 3.05) is 43.9 Å². The van der Waals surface area contributed by atoms with E-state index in [4.69, 9.17) is 11.6 Å². The van der Waals surface area contributed by atoms with Crippen molar-refractivity contribution in [2.45, 2.75) is 19.3 Å². The van der Waals surface area contributed by atoms with Crippen LogP contribution in [-0.2, 0) is 0 Å². The van der Waals surface area contributed by atoms with Crippen LogP contribution in [0.4, 0.5) is 11.9 Å². The highest BCUT2D eigenvalue weighted by Crippen LogP contribution is 2.10. The lowest BCUT2D eigenvalue weighted by Gasteiger charge is -2.14. The Hall–Kier alpha value is -1.14. The average Bonchev–Trinajstić information content (AvgIpc) is 2.87. The van der Waals surface area contributed by atoms with Crippen molar-refractivity contribution in [3.63, 3.8) is 0 Å². The molecule has 1 aromatic heterocycles. The van der Waals surface area contributed by atoms with Gasteiger partial charge in [0.15, 0.2) is 0 Å². The summed E-state index contributed by atoms with van der Waals surface area (Å²) in [6.45, 7) is 4.45. The van der Waals surface area contributed by atoms with E-state index < -0.39 is 0 Å². The van der Waals surface area contributed by atoms with Crippen LogP contribution in [0, 0.1) is 0 Å². The number of hydrogen-bond donors (Lipinski definition) is 2. The molecule has 2 rings (SSSR count). The van der Waals surface area contributed by atoms with E-state index in [1.54, 1.807) is 7.05 Å². The van der Waals surface area contributed by atoms with E-state index in [0.717, 1.165) is 19.5 Å². The molecule has 0 amide bonds. The summed E-state index contributed by atoms with van der Waals surface area (Å²) >= 11 is 5.79. The third-order valence-corrected chi connectivity index (χ3v) is 3.13. The van der Waals surface area contributed by atoms with Crippen molar-refractivity contribution in [3.8, 4) is 0 Å². The van der Waals surface area contributed by atoms with Crippen molar-refractivity contribution < 1.29 is 0 Å². The van der Waals surface area contributed by atoms with Gasteiger partial charge in [-0.2, -0.15) is 15.0 Å². The van der Waals surface area contributed by atoms with Gasteiger partial charge in [-0.15, -0.1) is 0 Å². The highest BCUT2D eigenvalue weighted by Gasteiger charge is 2.10. The number of nitrogens with one attached hydrogen (secondary N) is 2. The van der Waals surface area contributed by atoms with Gasteiger partial charge >= 0.3 is 0 Å². The van der Waals surface area contributed by atoms with E-state index in [-0.39, 0.29) is 5.28 Å². The summed E-state index contributed by atoms with van der Waals surface area (Å²) in [6, 6.07) is 0. The Bertz CT molecular complexity index is 380. The maximum absolute atomic E-state index is 5.79. The minimum Gasteiger partial charge on any atom is -0.357 e. The Morgan fingerprint density at radius 1 is 1.17 bits per heavy atom. The number of hydrogen-bond acceptors (Lipinski definition) is 6. The molecule has 0 aromatic carbocycles. The van der Waals surface area contributed by atoms with Crippen LogP contribution < -0.4 is 10.6 Å². The van der Waals surface area contributed by atoms with Gasteiger partial charge in [0, 0.05) is 13.6 Å². The van der Waals surface area contributed by atoms with Crippen LogP contribution >= 0.6 is 11.6 Å². The fraction of sp³-hybridized carbons (Fsp3) is 0.727. The molecular formula is C11H19ClN6. The van der Waals surface area contributed by atoms with Gasteiger partial charge < -0.3 is 15.5 Å². The second-order valence-electron chi connectivity index (χ2n) is 4.33. The maximum Gasteiger partial charge on any atom is 0.228 e. The molecule has 2 heterocycles. The predicted octanol–water partition coefficient (Wildman–Crippen LogP) is 1.46. The van der Waals surface area contributed by atoms with Gasteiger partial charge in [0.05, 0.1) is 0 Å².